The number of halogens is 2. The van der Waals surface area contributed by atoms with Crippen LogP contribution in [0.25, 0.3) is 0 Å². The molecule has 0 atom stereocenters. The summed E-state index contributed by atoms with van der Waals surface area (Å²) in [5, 5.41) is 12.2. The largest absolute Gasteiger partial charge is 0.396 e. The van der Waals surface area contributed by atoms with Gasteiger partial charge in [0.2, 0.25) is 0 Å². The van der Waals surface area contributed by atoms with Gasteiger partial charge >= 0.3 is 0 Å². The van der Waals surface area contributed by atoms with Crippen LogP contribution in [0.2, 0.25) is 0 Å². The Morgan fingerprint density at radius 2 is 1.94 bits per heavy atom. The summed E-state index contributed by atoms with van der Waals surface area (Å²) < 4.78 is 27.1. The highest BCUT2D eigenvalue weighted by Crippen LogP contribution is 2.41. The van der Waals surface area contributed by atoms with Crippen molar-refractivity contribution in [3.8, 4) is 0 Å². The van der Waals surface area contributed by atoms with Crippen LogP contribution in [0.15, 0.2) is 60.0 Å². The van der Waals surface area contributed by atoms with E-state index >= 15 is 0 Å². The van der Waals surface area contributed by atoms with Crippen molar-refractivity contribution in [2.75, 3.05) is 37.7 Å². The summed E-state index contributed by atoms with van der Waals surface area (Å²) in [5.41, 5.74) is 2.74. The molecule has 0 saturated carbocycles. The van der Waals surface area contributed by atoms with Gasteiger partial charge in [0.25, 0.3) is 0 Å². The normalized spacial score (nSPS) is 17.5. The predicted octanol–water partition coefficient (Wildman–Crippen LogP) is 3.26. The van der Waals surface area contributed by atoms with Crippen LogP contribution >= 0.6 is 0 Å². The summed E-state index contributed by atoms with van der Waals surface area (Å²) in [6.45, 7) is 7.06. The number of pyridine rings is 1. The van der Waals surface area contributed by atoms with Crippen molar-refractivity contribution in [3.05, 3.63) is 83.3 Å². The molecular weight excluding hydrogens is 426 g/mol. The van der Waals surface area contributed by atoms with E-state index in [0.717, 1.165) is 56.2 Å². The second-order valence-corrected chi connectivity index (χ2v) is 8.62. The molecule has 33 heavy (non-hydrogen) atoms. The van der Waals surface area contributed by atoms with Gasteiger partial charge in [-0.05, 0) is 48.9 Å². The molecule has 170 valence electrons. The molecule has 0 amide bonds. The number of rotatable bonds is 7. The number of oxime groups is 1. The lowest BCUT2D eigenvalue weighted by atomic mass is 9.72. The van der Waals surface area contributed by atoms with Crippen molar-refractivity contribution in [2.45, 2.75) is 13.5 Å². The fraction of sp³-hybridized carbons (Fsp3) is 0.333. The molecule has 7 nitrogen and oxygen atoms in total. The first-order valence-electron chi connectivity index (χ1n) is 10.9. The predicted molar refractivity (Wildman–Crippen MR) is 120 cm³/mol. The lowest BCUT2D eigenvalue weighted by molar-refractivity contribution is -0.0277. The molecule has 1 aromatic carbocycles. The topological polar surface area (TPSA) is 66.7 Å². The summed E-state index contributed by atoms with van der Waals surface area (Å²) in [4.78, 5) is 14.4. The van der Waals surface area contributed by atoms with Gasteiger partial charge in [-0.15, -0.1) is 5.10 Å². The van der Waals surface area contributed by atoms with Gasteiger partial charge in [0, 0.05) is 56.1 Å². The van der Waals surface area contributed by atoms with Crippen LogP contribution in [0.4, 0.5) is 14.6 Å². The number of aromatic nitrogens is 3. The average molecular weight is 450 g/mol. The maximum atomic E-state index is 13.7. The van der Waals surface area contributed by atoms with Gasteiger partial charge in [0.05, 0.1) is 5.69 Å². The van der Waals surface area contributed by atoms with Crippen molar-refractivity contribution >= 4 is 11.5 Å². The van der Waals surface area contributed by atoms with E-state index in [4.69, 9.17) is 4.84 Å². The number of benzene rings is 1. The molecule has 2 aliphatic heterocycles. The summed E-state index contributed by atoms with van der Waals surface area (Å²) in [5.74, 6) is -0.905. The zero-order valence-corrected chi connectivity index (χ0v) is 18.3. The van der Waals surface area contributed by atoms with Crippen LogP contribution in [-0.2, 0) is 11.4 Å². The molecule has 0 radical (unpaired) electrons. The van der Waals surface area contributed by atoms with Crippen molar-refractivity contribution < 1.29 is 13.6 Å². The minimum absolute atomic E-state index is 0.342. The zero-order valence-electron chi connectivity index (χ0n) is 18.3. The van der Waals surface area contributed by atoms with Crippen molar-refractivity contribution in [3.63, 3.8) is 0 Å². The van der Waals surface area contributed by atoms with Crippen LogP contribution in [0.3, 0.4) is 0 Å². The lowest BCUT2D eigenvalue weighted by Crippen LogP contribution is -2.72. The van der Waals surface area contributed by atoms with Crippen LogP contribution in [0, 0.1) is 17.0 Å². The van der Waals surface area contributed by atoms with E-state index in [9.17, 15) is 8.78 Å². The molecule has 2 aliphatic rings. The summed E-state index contributed by atoms with van der Waals surface area (Å²) in [6, 6.07) is 11.4. The first-order chi connectivity index (χ1) is 16.0. The average Bonchev–Trinajstić information content (AvgIpc) is 2.78. The third kappa shape index (κ3) is 4.41. The molecule has 0 unspecified atom stereocenters. The van der Waals surface area contributed by atoms with Crippen molar-refractivity contribution in [1.82, 2.24) is 20.1 Å². The van der Waals surface area contributed by atoms with Crippen molar-refractivity contribution in [1.29, 1.82) is 0 Å². The van der Waals surface area contributed by atoms with E-state index in [-0.39, 0.29) is 0 Å². The van der Waals surface area contributed by atoms with Gasteiger partial charge in [-0.1, -0.05) is 11.2 Å². The molecular formula is C24H24F2N6O. The van der Waals surface area contributed by atoms with Gasteiger partial charge in [-0.2, -0.15) is 5.10 Å². The summed E-state index contributed by atoms with van der Waals surface area (Å²) in [6.07, 6.45) is 3.49. The van der Waals surface area contributed by atoms with E-state index < -0.39 is 11.6 Å². The molecule has 2 aromatic heterocycles. The van der Waals surface area contributed by atoms with E-state index in [2.05, 4.69) is 30.1 Å². The Hall–Kier alpha value is -3.46. The minimum atomic E-state index is -0.936. The third-order valence-corrected chi connectivity index (χ3v) is 6.00. The second-order valence-electron chi connectivity index (χ2n) is 8.62. The van der Waals surface area contributed by atoms with E-state index in [1.54, 1.807) is 19.3 Å². The van der Waals surface area contributed by atoms with Crippen LogP contribution < -0.4 is 4.90 Å². The standard InChI is InChI=1S/C24H24F2N6O/c1-2-33-30-23(18-6-7-19(25)20(26)10-18)21-8-5-17(11-27-21)12-31-13-24(14-31)15-32(16-24)22-4-3-9-28-29-22/h3-11H,2,12-16H2,1H3/b30-23+. The number of hydrogen-bond donors (Lipinski definition) is 0. The Labute approximate surface area is 190 Å². The van der Waals surface area contributed by atoms with Gasteiger partial charge in [0.1, 0.15) is 12.3 Å². The molecule has 0 aliphatic carbocycles. The Morgan fingerprint density at radius 1 is 1.09 bits per heavy atom. The summed E-state index contributed by atoms with van der Waals surface area (Å²) in [7, 11) is 0. The molecule has 0 N–H and O–H groups in total. The minimum Gasteiger partial charge on any atom is -0.396 e. The number of hydrogen-bond acceptors (Lipinski definition) is 7. The van der Waals surface area contributed by atoms with Gasteiger partial charge in [0.15, 0.2) is 17.5 Å². The van der Waals surface area contributed by atoms with Crippen LogP contribution in [0.5, 0.6) is 0 Å². The molecule has 1 spiro atoms. The first-order valence-corrected chi connectivity index (χ1v) is 10.9. The molecule has 2 fully saturated rings. The maximum Gasteiger partial charge on any atom is 0.159 e. The quantitative estimate of drug-likeness (QED) is 0.407. The zero-order chi connectivity index (χ0) is 22.8. The Kier molecular flexibility index (Phi) is 5.72. The molecule has 9 heteroatoms. The summed E-state index contributed by atoms with van der Waals surface area (Å²) >= 11 is 0. The van der Waals surface area contributed by atoms with Gasteiger partial charge in [-0.25, -0.2) is 8.78 Å². The van der Waals surface area contributed by atoms with Gasteiger partial charge in [-0.3, -0.25) is 9.88 Å². The third-order valence-electron chi connectivity index (χ3n) is 6.00. The van der Waals surface area contributed by atoms with Crippen LogP contribution in [0.1, 0.15) is 23.7 Å². The number of anilines is 1. The van der Waals surface area contributed by atoms with E-state index in [1.807, 2.05) is 24.3 Å². The van der Waals surface area contributed by atoms with E-state index in [0.29, 0.717) is 29.0 Å². The fourth-order valence-electron chi connectivity index (χ4n) is 4.54. The Balaban J connectivity index is 1.20. The fourth-order valence-corrected chi connectivity index (χ4v) is 4.54. The Bertz CT molecular complexity index is 1140. The molecule has 4 heterocycles. The number of likely N-dealkylation sites (tertiary alicyclic amines) is 1. The Morgan fingerprint density at radius 3 is 2.61 bits per heavy atom. The molecule has 2 saturated heterocycles. The second kappa shape index (κ2) is 8.82. The lowest BCUT2D eigenvalue weighted by Gasteiger charge is -2.60. The van der Waals surface area contributed by atoms with E-state index in [1.165, 1.54) is 6.07 Å². The van der Waals surface area contributed by atoms with Crippen molar-refractivity contribution in [2.24, 2.45) is 10.6 Å². The first kappa shape index (κ1) is 21.4. The maximum absolute atomic E-state index is 13.7. The van der Waals surface area contributed by atoms with Gasteiger partial charge < -0.3 is 9.74 Å². The molecule has 0 bridgehead atoms. The SMILES string of the molecule is CCO/N=C(\c1ccc(F)c(F)c1)c1ccc(CN2CC3(C2)CN(c2cccnn2)C3)cn1. The highest BCUT2D eigenvalue weighted by Gasteiger charge is 2.51. The monoisotopic (exact) mass is 450 g/mol. The number of nitrogens with zero attached hydrogens (tertiary/aromatic N) is 6. The molecule has 3 aromatic rings. The highest BCUT2D eigenvalue weighted by molar-refractivity contribution is 6.11. The smallest absolute Gasteiger partial charge is 0.159 e. The highest BCUT2D eigenvalue weighted by atomic mass is 19.2. The van der Waals surface area contributed by atoms with Crippen LogP contribution in [-0.4, -0.2) is 58.6 Å². The molecule has 5 rings (SSSR count).